The zero-order valence-electron chi connectivity index (χ0n) is 14.6. The molecule has 130 valence electrons. The lowest BCUT2D eigenvalue weighted by atomic mass is 9.45. The van der Waals surface area contributed by atoms with Gasteiger partial charge in [0.25, 0.3) is 0 Å². The molecular weight excluding hydrogens is 304 g/mol. The van der Waals surface area contributed by atoms with Gasteiger partial charge in [-0.15, -0.1) is 0 Å². The van der Waals surface area contributed by atoms with E-state index >= 15 is 0 Å². The lowest BCUT2D eigenvalue weighted by Gasteiger charge is -2.59. The average Bonchev–Trinajstić information content (AvgIpc) is 3.16. The summed E-state index contributed by atoms with van der Waals surface area (Å²) in [6, 6.07) is 2.01. The van der Waals surface area contributed by atoms with E-state index in [2.05, 4.69) is 20.8 Å². The summed E-state index contributed by atoms with van der Waals surface area (Å²) >= 11 is 0. The van der Waals surface area contributed by atoms with Crippen LogP contribution < -0.4 is 0 Å². The Labute approximate surface area is 142 Å². The molecule has 4 heteroatoms. The van der Waals surface area contributed by atoms with Gasteiger partial charge in [0.1, 0.15) is 6.10 Å². The third-order valence-electron chi connectivity index (χ3n) is 7.34. The van der Waals surface area contributed by atoms with Crippen LogP contribution in [-0.2, 0) is 16.0 Å². The Bertz CT molecular complexity index is 676. The van der Waals surface area contributed by atoms with Crippen molar-refractivity contribution in [1.82, 2.24) is 0 Å². The average molecular weight is 330 g/mol. The first-order valence-corrected chi connectivity index (χ1v) is 9.00. The number of rotatable bonds is 3. The van der Waals surface area contributed by atoms with E-state index in [1.165, 1.54) is 5.56 Å². The minimum Gasteiger partial charge on any atom is -0.472 e. The van der Waals surface area contributed by atoms with Gasteiger partial charge in [-0.05, 0) is 54.6 Å². The Morgan fingerprint density at radius 3 is 2.88 bits per heavy atom. The van der Waals surface area contributed by atoms with Crippen molar-refractivity contribution in [2.24, 2.45) is 22.7 Å². The third kappa shape index (κ3) is 1.92. The van der Waals surface area contributed by atoms with E-state index in [9.17, 15) is 9.90 Å². The quantitative estimate of drug-likeness (QED) is 0.862. The van der Waals surface area contributed by atoms with Crippen molar-refractivity contribution >= 4 is 5.97 Å². The van der Waals surface area contributed by atoms with E-state index < -0.39 is 12.2 Å². The molecule has 1 aromatic rings. The van der Waals surface area contributed by atoms with Crippen molar-refractivity contribution < 1.29 is 19.1 Å². The molecule has 0 radical (unpaired) electrons. The van der Waals surface area contributed by atoms with Crippen LogP contribution in [0.25, 0.3) is 0 Å². The smallest absolute Gasteiger partial charge is 0.334 e. The second kappa shape index (κ2) is 5.22. The highest BCUT2D eigenvalue weighted by Gasteiger charge is 2.67. The number of allylic oxidation sites excluding steroid dienone is 1. The number of carbonyl (C=O) groups is 1. The van der Waals surface area contributed by atoms with E-state index in [1.54, 1.807) is 12.5 Å². The van der Waals surface area contributed by atoms with E-state index in [-0.39, 0.29) is 22.7 Å². The summed E-state index contributed by atoms with van der Waals surface area (Å²) in [5.41, 5.74) is 1.57. The van der Waals surface area contributed by atoms with Crippen molar-refractivity contribution in [2.45, 2.75) is 58.7 Å². The summed E-state index contributed by atoms with van der Waals surface area (Å²) in [4.78, 5) is 12.4. The number of aliphatic hydroxyl groups excluding tert-OH is 1. The number of carbonyl (C=O) groups excluding carboxylic acids is 1. The van der Waals surface area contributed by atoms with Gasteiger partial charge < -0.3 is 14.3 Å². The molecule has 2 heterocycles. The van der Waals surface area contributed by atoms with Gasteiger partial charge in [-0.25, -0.2) is 4.79 Å². The number of furan rings is 1. The molecule has 0 spiro atoms. The highest BCUT2D eigenvalue weighted by Crippen LogP contribution is 2.64. The standard InChI is InChI=1S/C20H26O4/c1-12-16(21)17-20(3)14(18(22)24-17)5-4-6-15(20)19(12,2)9-7-13-8-10-23-11-13/h5,8,10-12,15-17,21H,4,6-7,9H2,1-3H3/t12-,15-,16+,17+,19+,20+/m1/s1. The summed E-state index contributed by atoms with van der Waals surface area (Å²) < 4.78 is 10.8. The Morgan fingerprint density at radius 2 is 2.17 bits per heavy atom. The number of aliphatic hydroxyl groups is 1. The summed E-state index contributed by atoms with van der Waals surface area (Å²) in [7, 11) is 0. The molecule has 1 aliphatic heterocycles. The van der Waals surface area contributed by atoms with E-state index in [1.807, 2.05) is 12.1 Å². The molecule has 1 N–H and O–H groups in total. The van der Waals surface area contributed by atoms with Crippen LogP contribution in [0.1, 0.15) is 45.6 Å². The first kappa shape index (κ1) is 15.9. The molecule has 1 saturated carbocycles. The highest BCUT2D eigenvalue weighted by molar-refractivity contribution is 5.93. The number of ether oxygens (including phenoxy) is 1. The molecule has 0 aromatic carbocycles. The summed E-state index contributed by atoms with van der Waals surface area (Å²) in [5.74, 6) is 0.196. The van der Waals surface area contributed by atoms with E-state index in [4.69, 9.17) is 9.15 Å². The molecule has 4 nitrogen and oxygen atoms in total. The van der Waals surface area contributed by atoms with Crippen LogP contribution in [0.4, 0.5) is 0 Å². The fourth-order valence-electron chi connectivity index (χ4n) is 5.72. The number of hydrogen-bond donors (Lipinski definition) is 1. The second-order valence-electron chi connectivity index (χ2n) is 8.27. The summed E-state index contributed by atoms with van der Waals surface area (Å²) in [6.45, 7) is 6.53. The fraction of sp³-hybridized carbons (Fsp3) is 0.650. The molecule has 6 atom stereocenters. The minimum atomic E-state index is -0.617. The van der Waals surface area contributed by atoms with Gasteiger partial charge in [0.15, 0.2) is 0 Å². The first-order valence-electron chi connectivity index (χ1n) is 9.00. The maximum atomic E-state index is 12.4. The lowest BCUT2D eigenvalue weighted by molar-refractivity contribution is -0.184. The zero-order valence-corrected chi connectivity index (χ0v) is 14.6. The van der Waals surface area contributed by atoms with Crippen LogP contribution >= 0.6 is 0 Å². The van der Waals surface area contributed by atoms with Crippen molar-refractivity contribution in [3.05, 3.63) is 35.8 Å². The summed E-state index contributed by atoms with van der Waals surface area (Å²) in [5, 5.41) is 11.0. The predicted molar refractivity (Wildman–Crippen MR) is 89.1 cm³/mol. The molecule has 3 aliphatic rings. The van der Waals surface area contributed by atoms with Crippen molar-refractivity contribution in [2.75, 3.05) is 0 Å². The molecule has 2 aliphatic carbocycles. The van der Waals surface area contributed by atoms with Crippen molar-refractivity contribution in [1.29, 1.82) is 0 Å². The van der Waals surface area contributed by atoms with Crippen LogP contribution in [0.3, 0.4) is 0 Å². The van der Waals surface area contributed by atoms with Gasteiger partial charge in [0.2, 0.25) is 0 Å². The first-order chi connectivity index (χ1) is 11.4. The highest BCUT2D eigenvalue weighted by atomic mass is 16.6. The van der Waals surface area contributed by atoms with Gasteiger partial charge in [-0.3, -0.25) is 0 Å². The second-order valence-corrected chi connectivity index (χ2v) is 8.27. The zero-order chi connectivity index (χ0) is 17.1. The van der Waals surface area contributed by atoms with Gasteiger partial charge in [-0.2, -0.15) is 0 Å². The SMILES string of the molecule is C[C@@H]1[C@H](O)[C@@H]2OC(=O)C3=CCC[C@H]([C@@]1(C)CCc1ccoc1)[C@]32C. The molecular formula is C20H26O4. The largest absolute Gasteiger partial charge is 0.472 e. The van der Waals surface area contributed by atoms with E-state index in [0.29, 0.717) is 5.92 Å². The molecule has 0 amide bonds. The van der Waals surface area contributed by atoms with Gasteiger partial charge in [-0.1, -0.05) is 26.8 Å². The summed E-state index contributed by atoms with van der Waals surface area (Å²) in [6.07, 6.45) is 8.39. The maximum absolute atomic E-state index is 12.4. The fourth-order valence-corrected chi connectivity index (χ4v) is 5.72. The normalized spacial score (nSPS) is 44.0. The van der Waals surface area contributed by atoms with Crippen LogP contribution in [0.2, 0.25) is 0 Å². The number of esters is 1. The van der Waals surface area contributed by atoms with E-state index in [0.717, 1.165) is 31.3 Å². The Balaban J connectivity index is 1.72. The minimum absolute atomic E-state index is 0.0462. The Hall–Kier alpha value is -1.55. The third-order valence-corrected chi connectivity index (χ3v) is 7.34. The van der Waals surface area contributed by atoms with Gasteiger partial charge in [0.05, 0.1) is 18.6 Å². The molecule has 24 heavy (non-hydrogen) atoms. The van der Waals surface area contributed by atoms with Crippen LogP contribution in [0.5, 0.6) is 0 Å². The number of hydrogen-bond acceptors (Lipinski definition) is 4. The topological polar surface area (TPSA) is 59.7 Å². The van der Waals surface area contributed by atoms with Crippen LogP contribution in [0, 0.1) is 22.7 Å². The van der Waals surface area contributed by atoms with Gasteiger partial charge >= 0.3 is 5.97 Å². The van der Waals surface area contributed by atoms with Crippen molar-refractivity contribution in [3.8, 4) is 0 Å². The van der Waals surface area contributed by atoms with Crippen LogP contribution in [0.15, 0.2) is 34.7 Å². The molecule has 1 aromatic heterocycles. The molecule has 4 rings (SSSR count). The Morgan fingerprint density at radius 1 is 1.38 bits per heavy atom. The van der Waals surface area contributed by atoms with Crippen LogP contribution in [-0.4, -0.2) is 23.3 Å². The Kier molecular flexibility index (Phi) is 3.47. The maximum Gasteiger partial charge on any atom is 0.334 e. The number of aryl methyl sites for hydroxylation is 1. The van der Waals surface area contributed by atoms with Gasteiger partial charge in [0, 0.05) is 11.0 Å². The molecule has 1 saturated heterocycles. The molecule has 0 unspecified atom stereocenters. The monoisotopic (exact) mass is 330 g/mol. The lowest BCUT2D eigenvalue weighted by Crippen LogP contribution is -2.61. The molecule has 0 bridgehead atoms. The predicted octanol–water partition coefficient (Wildman–Crippen LogP) is 3.50. The molecule has 2 fully saturated rings. The van der Waals surface area contributed by atoms with Crippen molar-refractivity contribution in [3.63, 3.8) is 0 Å².